The van der Waals surface area contributed by atoms with Crippen molar-refractivity contribution in [2.75, 3.05) is 0 Å². The summed E-state index contributed by atoms with van der Waals surface area (Å²) < 4.78 is 0. The van der Waals surface area contributed by atoms with Gasteiger partial charge in [-0.2, -0.15) is 0 Å². The highest BCUT2D eigenvalue weighted by Gasteiger charge is 2.09. The minimum atomic E-state index is 0.124. The lowest BCUT2D eigenvalue weighted by Crippen LogP contribution is -2.09. The van der Waals surface area contributed by atoms with E-state index in [1.165, 1.54) is 20.9 Å². The highest BCUT2D eigenvalue weighted by Crippen LogP contribution is 2.33. The Morgan fingerprint density at radius 2 is 1.72 bits per heavy atom. The zero-order valence-corrected chi connectivity index (χ0v) is 11.7. The molecule has 2 aromatic rings. The van der Waals surface area contributed by atoms with Crippen LogP contribution in [0.15, 0.2) is 58.3 Å². The number of nitrogens with two attached hydrogens (primary N) is 1. The van der Waals surface area contributed by atoms with Crippen molar-refractivity contribution >= 4 is 11.8 Å². The summed E-state index contributed by atoms with van der Waals surface area (Å²) in [5.41, 5.74) is 8.69. The first kappa shape index (κ1) is 13.2. The van der Waals surface area contributed by atoms with Crippen LogP contribution in [0.1, 0.15) is 30.5 Å². The van der Waals surface area contributed by atoms with Gasteiger partial charge in [-0.25, -0.2) is 0 Å². The summed E-state index contributed by atoms with van der Waals surface area (Å²) in [6.07, 6.45) is 0.964. The van der Waals surface area contributed by atoms with Crippen molar-refractivity contribution in [3.05, 3.63) is 59.7 Å². The summed E-state index contributed by atoms with van der Waals surface area (Å²) in [7, 11) is 0. The van der Waals surface area contributed by atoms with E-state index in [0.717, 1.165) is 6.42 Å². The predicted octanol–water partition coefficient (Wildman–Crippen LogP) is 4.56. The van der Waals surface area contributed by atoms with E-state index in [9.17, 15) is 0 Å². The van der Waals surface area contributed by atoms with Crippen LogP contribution in [-0.4, -0.2) is 0 Å². The van der Waals surface area contributed by atoms with Gasteiger partial charge in [-0.15, -0.1) is 0 Å². The van der Waals surface area contributed by atoms with Gasteiger partial charge < -0.3 is 5.73 Å². The molecule has 0 unspecified atom stereocenters. The molecular weight excluding hydrogens is 238 g/mol. The van der Waals surface area contributed by atoms with Crippen molar-refractivity contribution < 1.29 is 0 Å². The Bertz CT molecular complexity index is 505. The topological polar surface area (TPSA) is 26.0 Å². The Morgan fingerprint density at radius 3 is 2.39 bits per heavy atom. The maximum atomic E-state index is 6.16. The second-order valence-corrected chi connectivity index (χ2v) is 5.58. The van der Waals surface area contributed by atoms with E-state index in [1.54, 1.807) is 11.8 Å². The Hall–Kier alpha value is -1.25. The lowest BCUT2D eigenvalue weighted by molar-refractivity contribution is 0.685. The maximum absolute atomic E-state index is 6.16. The second-order valence-electron chi connectivity index (χ2n) is 4.47. The summed E-state index contributed by atoms with van der Waals surface area (Å²) in [6.45, 7) is 4.23. The maximum Gasteiger partial charge on any atom is 0.0303 e. The first-order valence-electron chi connectivity index (χ1n) is 6.29. The van der Waals surface area contributed by atoms with Gasteiger partial charge in [0.1, 0.15) is 0 Å². The van der Waals surface area contributed by atoms with Crippen molar-refractivity contribution in [2.45, 2.75) is 36.1 Å². The molecule has 0 saturated heterocycles. The SMILES string of the molecule is CC[C@H](N)c1ccccc1Sc1ccc(C)cc1. The van der Waals surface area contributed by atoms with Gasteiger partial charge >= 0.3 is 0 Å². The Labute approximate surface area is 113 Å². The fourth-order valence-electron chi connectivity index (χ4n) is 1.83. The Balaban J connectivity index is 2.26. The monoisotopic (exact) mass is 257 g/mol. The third-order valence-corrected chi connectivity index (χ3v) is 4.11. The smallest absolute Gasteiger partial charge is 0.0303 e. The van der Waals surface area contributed by atoms with Crippen molar-refractivity contribution in [3.63, 3.8) is 0 Å². The van der Waals surface area contributed by atoms with E-state index in [-0.39, 0.29) is 6.04 Å². The van der Waals surface area contributed by atoms with E-state index in [4.69, 9.17) is 5.73 Å². The largest absolute Gasteiger partial charge is 0.324 e. The summed E-state index contributed by atoms with van der Waals surface area (Å²) in [5, 5.41) is 0. The van der Waals surface area contributed by atoms with Crippen LogP contribution in [0, 0.1) is 6.92 Å². The molecule has 94 valence electrons. The molecule has 0 aliphatic rings. The summed E-state index contributed by atoms with van der Waals surface area (Å²) in [4.78, 5) is 2.52. The molecule has 0 aliphatic heterocycles. The third kappa shape index (κ3) is 3.15. The van der Waals surface area contributed by atoms with E-state index in [2.05, 4.69) is 62.4 Å². The van der Waals surface area contributed by atoms with E-state index in [0.29, 0.717) is 0 Å². The standard InChI is InChI=1S/C16H19NS/c1-3-15(17)14-6-4-5-7-16(14)18-13-10-8-12(2)9-11-13/h4-11,15H,3,17H2,1-2H3/t15-/m0/s1. The predicted molar refractivity (Wildman–Crippen MR) is 79.0 cm³/mol. The second kappa shape index (κ2) is 6.07. The highest BCUT2D eigenvalue weighted by atomic mass is 32.2. The normalized spacial score (nSPS) is 12.4. The summed E-state index contributed by atoms with van der Waals surface area (Å²) in [5.74, 6) is 0. The van der Waals surface area contributed by atoms with Gasteiger partial charge in [-0.3, -0.25) is 0 Å². The van der Waals surface area contributed by atoms with Crippen LogP contribution in [0.5, 0.6) is 0 Å². The molecule has 2 rings (SSSR count). The minimum absolute atomic E-state index is 0.124. The average molecular weight is 257 g/mol. The van der Waals surface area contributed by atoms with Gasteiger partial charge in [-0.1, -0.05) is 54.6 Å². The van der Waals surface area contributed by atoms with Crippen molar-refractivity contribution in [1.29, 1.82) is 0 Å². The zero-order chi connectivity index (χ0) is 13.0. The van der Waals surface area contributed by atoms with Crippen molar-refractivity contribution in [2.24, 2.45) is 5.73 Å². The van der Waals surface area contributed by atoms with Crippen LogP contribution in [0.25, 0.3) is 0 Å². The van der Waals surface area contributed by atoms with Gasteiger partial charge in [0.2, 0.25) is 0 Å². The lowest BCUT2D eigenvalue weighted by atomic mass is 10.1. The number of hydrogen-bond acceptors (Lipinski definition) is 2. The third-order valence-electron chi connectivity index (χ3n) is 3.01. The fraction of sp³-hybridized carbons (Fsp3) is 0.250. The lowest BCUT2D eigenvalue weighted by Gasteiger charge is -2.14. The minimum Gasteiger partial charge on any atom is -0.324 e. The number of rotatable bonds is 4. The molecule has 0 heterocycles. The van der Waals surface area contributed by atoms with Gasteiger partial charge in [0, 0.05) is 15.8 Å². The van der Waals surface area contributed by atoms with Crippen LogP contribution in [0.2, 0.25) is 0 Å². The average Bonchev–Trinajstić information content (AvgIpc) is 2.41. The van der Waals surface area contributed by atoms with Crippen LogP contribution in [0.4, 0.5) is 0 Å². The number of aryl methyl sites for hydroxylation is 1. The molecular formula is C16H19NS. The molecule has 0 radical (unpaired) electrons. The number of hydrogen-bond donors (Lipinski definition) is 1. The summed E-state index contributed by atoms with van der Waals surface area (Å²) >= 11 is 1.79. The van der Waals surface area contributed by atoms with Crippen LogP contribution in [-0.2, 0) is 0 Å². The molecule has 18 heavy (non-hydrogen) atoms. The van der Waals surface area contributed by atoms with Gasteiger partial charge in [0.05, 0.1) is 0 Å². The van der Waals surface area contributed by atoms with Gasteiger partial charge in [-0.05, 0) is 37.1 Å². The first-order chi connectivity index (χ1) is 8.70. The highest BCUT2D eigenvalue weighted by molar-refractivity contribution is 7.99. The number of benzene rings is 2. The molecule has 0 amide bonds. The first-order valence-corrected chi connectivity index (χ1v) is 7.11. The van der Waals surface area contributed by atoms with Crippen LogP contribution in [0.3, 0.4) is 0 Å². The molecule has 1 nitrogen and oxygen atoms in total. The molecule has 1 atom stereocenters. The molecule has 2 heteroatoms. The molecule has 0 fully saturated rings. The Morgan fingerprint density at radius 1 is 1.06 bits per heavy atom. The van der Waals surface area contributed by atoms with Crippen molar-refractivity contribution in [1.82, 2.24) is 0 Å². The van der Waals surface area contributed by atoms with E-state index >= 15 is 0 Å². The summed E-state index contributed by atoms with van der Waals surface area (Å²) in [6, 6.07) is 17.1. The molecule has 0 saturated carbocycles. The van der Waals surface area contributed by atoms with Gasteiger partial charge in [0.25, 0.3) is 0 Å². The van der Waals surface area contributed by atoms with Crippen molar-refractivity contribution in [3.8, 4) is 0 Å². The molecule has 2 N–H and O–H groups in total. The molecule has 0 spiro atoms. The van der Waals surface area contributed by atoms with Crippen LogP contribution < -0.4 is 5.73 Å². The van der Waals surface area contributed by atoms with Gasteiger partial charge in [0.15, 0.2) is 0 Å². The van der Waals surface area contributed by atoms with Crippen LogP contribution >= 0.6 is 11.8 Å². The Kier molecular flexibility index (Phi) is 4.45. The molecule has 0 aliphatic carbocycles. The fourth-order valence-corrected chi connectivity index (χ4v) is 2.84. The zero-order valence-electron chi connectivity index (χ0n) is 10.9. The van der Waals surface area contributed by atoms with E-state index < -0.39 is 0 Å². The molecule has 0 bridgehead atoms. The molecule has 2 aromatic carbocycles. The van der Waals surface area contributed by atoms with E-state index in [1.807, 2.05) is 0 Å². The molecule has 0 aromatic heterocycles. The quantitative estimate of drug-likeness (QED) is 0.869.